The van der Waals surface area contributed by atoms with Crippen molar-refractivity contribution in [2.24, 2.45) is 0 Å². The van der Waals surface area contributed by atoms with Crippen molar-refractivity contribution in [3.8, 4) is 0 Å². The van der Waals surface area contributed by atoms with Gasteiger partial charge in [-0.3, -0.25) is 4.79 Å². The molecule has 0 spiro atoms. The van der Waals surface area contributed by atoms with Crippen LogP contribution in [0, 0.1) is 0 Å². The van der Waals surface area contributed by atoms with Crippen molar-refractivity contribution in [1.82, 2.24) is 0 Å². The zero-order valence-electron chi connectivity index (χ0n) is 12.2. The molecule has 0 N–H and O–H groups in total. The molecule has 0 amide bonds. The molecule has 3 heteroatoms. The van der Waals surface area contributed by atoms with Crippen LogP contribution < -0.4 is 0 Å². The van der Waals surface area contributed by atoms with E-state index in [2.05, 4.69) is 6.92 Å². The summed E-state index contributed by atoms with van der Waals surface area (Å²) in [6.45, 7) is 3.65. The maximum Gasteiger partial charge on any atom is 0.334 e. The van der Waals surface area contributed by atoms with Crippen molar-refractivity contribution in [3.63, 3.8) is 0 Å². The number of ketones is 1. The van der Waals surface area contributed by atoms with Gasteiger partial charge in [-0.1, -0.05) is 37.6 Å². The number of fused-ring (bicyclic) bond motifs is 1. The van der Waals surface area contributed by atoms with Crippen LogP contribution in [0.4, 0.5) is 0 Å². The average molecular weight is 272 g/mol. The highest BCUT2D eigenvalue weighted by Crippen LogP contribution is 2.45. The Labute approximate surface area is 119 Å². The Balaban J connectivity index is 2.57. The molecule has 0 fully saturated rings. The fraction of sp³-hybridized carbons (Fsp3) is 0.412. The second kappa shape index (κ2) is 6.04. The van der Waals surface area contributed by atoms with Crippen LogP contribution in [0.15, 0.2) is 29.8 Å². The first kappa shape index (κ1) is 14.5. The van der Waals surface area contributed by atoms with Crippen molar-refractivity contribution < 1.29 is 14.3 Å². The fourth-order valence-corrected chi connectivity index (χ4v) is 2.98. The molecule has 1 aromatic carbocycles. The minimum Gasteiger partial charge on any atom is -0.466 e. The predicted molar refractivity (Wildman–Crippen MR) is 78.3 cm³/mol. The standard InChI is InChI=1S/C17H20O3/c1-4-7-14-12-8-5-6-9-13(12)15(10-11(2)18)16(14)17(19)20-3/h5-6,8-9,15H,4,7,10H2,1-3H3. The number of Topliss-reactive ketones (excluding diaryl/α,β-unsaturated/α-hetero) is 1. The Morgan fingerprint density at radius 3 is 2.55 bits per heavy atom. The number of hydrogen-bond acceptors (Lipinski definition) is 3. The van der Waals surface area contributed by atoms with E-state index < -0.39 is 0 Å². The van der Waals surface area contributed by atoms with Gasteiger partial charge in [0.15, 0.2) is 0 Å². The summed E-state index contributed by atoms with van der Waals surface area (Å²) in [6.07, 6.45) is 2.14. The predicted octanol–water partition coefficient (Wildman–Crippen LogP) is 3.49. The average Bonchev–Trinajstić information content (AvgIpc) is 2.73. The SMILES string of the molecule is CCCC1=C(C(=O)OC)C(CC(C)=O)c2ccccc21. The summed E-state index contributed by atoms with van der Waals surface area (Å²) in [4.78, 5) is 23.7. The molecule has 20 heavy (non-hydrogen) atoms. The summed E-state index contributed by atoms with van der Waals surface area (Å²) in [5, 5.41) is 0. The summed E-state index contributed by atoms with van der Waals surface area (Å²) >= 11 is 0. The lowest BCUT2D eigenvalue weighted by Gasteiger charge is -2.13. The minimum atomic E-state index is -0.309. The number of carbonyl (C=O) groups excluding carboxylic acids is 2. The van der Waals surface area contributed by atoms with Gasteiger partial charge in [0, 0.05) is 17.9 Å². The molecular weight excluding hydrogens is 252 g/mol. The second-order valence-electron chi connectivity index (χ2n) is 5.18. The molecule has 0 saturated carbocycles. The molecule has 0 heterocycles. The molecule has 0 saturated heterocycles. The van der Waals surface area contributed by atoms with Gasteiger partial charge in [-0.05, 0) is 30.0 Å². The van der Waals surface area contributed by atoms with E-state index in [0.29, 0.717) is 12.0 Å². The van der Waals surface area contributed by atoms with Crippen LogP contribution in [0.25, 0.3) is 5.57 Å². The van der Waals surface area contributed by atoms with Gasteiger partial charge in [-0.2, -0.15) is 0 Å². The Morgan fingerprint density at radius 2 is 1.95 bits per heavy atom. The normalized spacial score (nSPS) is 17.1. The largest absolute Gasteiger partial charge is 0.466 e. The number of benzene rings is 1. The lowest BCUT2D eigenvalue weighted by atomic mass is 9.91. The van der Waals surface area contributed by atoms with Crippen LogP contribution in [0.5, 0.6) is 0 Å². The summed E-state index contributed by atoms with van der Waals surface area (Å²) in [6, 6.07) is 7.97. The van der Waals surface area contributed by atoms with Crippen LogP contribution in [0.2, 0.25) is 0 Å². The number of carbonyl (C=O) groups is 2. The maximum absolute atomic E-state index is 12.2. The molecule has 1 unspecified atom stereocenters. The third-order valence-corrected chi connectivity index (χ3v) is 3.73. The number of methoxy groups -OCH3 is 1. The van der Waals surface area contributed by atoms with Crippen LogP contribution in [-0.2, 0) is 14.3 Å². The van der Waals surface area contributed by atoms with Crippen LogP contribution >= 0.6 is 0 Å². The van der Waals surface area contributed by atoms with Crippen LogP contribution in [0.1, 0.15) is 50.2 Å². The highest BCUT2D eigenvalue weighted by atomic mass is 16.5. The van der Waals surface area contributed by atoms with Gasteiger partial charge in [0.05, 0.1) is 7.11 Å². The van der Waals surface area contributed by atoms with Crippen LogP contribution in [-0.4, -0.2) is 18.9 Å². The minimum absolute atomic E-state index is 0.0870. The van der Waals surface area contributed by atoms with Crippen molar-refractivity contribution in [3.05, 3.63) is 41.0 Å². The highest BCUT2D eigenvalue weighted by Gasteiger charge is 2.35. The third-order valence-electron chi connectivity index (χ3n) is 3.73. The van der Waals surface area contributed by atoms with Gasteiger partial charge in [0.1, 0.15) is 5.78 Å². The molecule has 3 nitrogen and oxygen atoms in total. The number of ether oxygens (including phenoxy) is 1. The van der Waals surface area contributed by atoms with E-state index in [1.807, 2.05) is 24.3 Å². The van der Waals surface area contributed by atoms with Crippen molar-refractivity contribution >= 4 is 17.3 Å². The van der Waals surface area contributed by atoms with E-state index in [9.17, 15) is 9.59 Å². The molecule has 1 aliphatic rings. The lowest BCUT2D eigenvalue weighted by Crippen LogP contribution is -2.13. The van der Waals surface area contributed by atoms with Crippen LogP contribution in [0.3, 0.4) is 0 Å². The second-order valence-corrected chi connectivity index (χ2v) is 5.18. The van der Waals surface area contributed by atoms with Crippen molar-refractivity contribution in [2.75, 3.05) is 7.11 Å². The van der Waals surface area contributed by atoms with Gasteiger partial charge in [-0.15, -0.1) is 0 Å². The first-order valence-electron chi connectivity index (χ1n) is 7.00. The van der Waals surface area contributed by atoms with Crippen molar-refractivity contribution in [1.29, 1.82) is 0 Å². The molecule has 0 aromatic heterocycles. The van der Waals surface area contributed by atoms with Gasteiger partial charge in [0.25, 0.3) is 0 Å². The highest BCUT2D eigenvalue weighted by molar-refractivity contribution is 6.03. The molecular formula is C17H20O3. The van der Waals surface area contributed by atoms with Gasteiger partial charge < -0.3 is 4.74 Å². The number of rotatable bonds is 5. The molecule has 1 atom stereocenters. The molecule has 1 aromatic rings. The van der Waals surface area contributed by atoms with E-state index >= 15 is 0 Å². The number of allylic oxidation sites excluding steroid dienone is 1. The van der Waals surface area contributed by atoms with Gasteiger partial charge in [-0.25, -0.2) is 4.79 Å². The summed E-state index contributed by atoms with van der Waals surface area (Å²) < 4.78 is 4.95. The number of esters is 1. The Kier molecular flexibility index (Phi) is 4.38. The summed E-state index contributed by atoms with van der Waals surface area (Å²) in [5.41, 5.74) is 3.89. The van der Waals surface area contributed by atoms with Gasteiger partial charge >= 0.3 is 5.97 Å². The van der Waals surface area contributed by atoms with E-state index in [0.717, 1.165) is 29.5 Å². The third kappa shape index (κ3) is 2.53. The van der Waals surface area contributed by atoms with E-state index in [4.69, 9.17) is 4.74 Å². The first-order chi connectivity index (χ1) is 9.60. The zero-order valence-corrected chi connectivity index (χ0v) is 12.2. The topological polar surface area (TPSA) is 43.4 Å². The van der Waals surface area contributed by atoms with Gasteiger partial charge in [0.2, 0.25) is 0 Å². The molecule has 0 bridgehead atoms. The molecule has 0 radical (unpaired) electrons. The molecule has 1 aliphatic carbocycles. The lowest BCUT2D eigenvalue weighted by molar-refractivity contribution is -0.136. The molecule has 2 rings (SSSR count). The first-order valence-corrected chi connectivity index (χ1v) is 7.00. The van der Waals surface area contributed by atoms with E-state index in [1.165, 1.54) is 7.11 Å². The molecule has 0 aliphatic heterocycles. The smallest absolute Gasteiger partial charge is 0.334 e. The van der Waals surface area contributed by atoms with E-state index in [1.54, 1.807) is 6.92 Å². The zero-order chi connectivity index (χ0) is 14.7. The Morgan fingerprint density at radius 1 is 1.25 bits per heavy atom. The Hall–Kier alpha value is -1.90. The fourth-order valence-electron chi connectivity index (χ4n) is 2.98. The number of hydrogen-bond donors (Lipinski definition) is 0. The Bertz CT molecular complexity index is 569. The van der Waals surface area contributed by atoms with E-state index in [-0.39, 0.29) is 17.7 Å². The quantitative estimate of drug-likeness (QED) is 0.771. The van der Waals surface area contributed by atoms with Crippen molar-refractivity contribution in [2.45, 2.75) is 39.0 Å². The summed E-state index contributed by atoms with van der Waals surface area (Å²) in [7, 11) is 1.40. The summed E-state index contributed by atoms with van der Waals surface area (Å²) in [5.74, 6) is -0.377. The molecule has 106 valence electrons. The maximum atomic E-state index is 12.2. The monoisotopic (exact) mass is 272 g/mol.